The molecule has 6 heterocycles. The molecule has 0 spiro atoms. The number of rotatable bonds is 10. The van der Waals surface area contributed by atoms with Crippen LogP contribution >= 0.6 is 0 Å². The summed E-state index contributed by atoms with van der Waals surface area (Å²) in [6.45, 7) is 6.23. The number of aromatic nitrogens is 4. The molecule has 16 nitrogen and oxygen atoms in total. The number of carbonyl (C=O) groups is 2. The van der Waals surface area contributed by atoms with E-state index in [0.29, 0.717) is 59.5 Å². The average molecular weight is 755 g/mol. The zero-order chi connectivity index (χ0) is 38.8. The van der Waals surface area contributed by atoms with E-state index >= 15 is 0 Å². The number of aliphatic hydroxyl groups is 1. The van der Waals surface area contributed by atoms with Crippen molar-refractivity contribution in [3.63, 3.8) is 0 Å². The summed E-state index contributed by atoms with van der Waals surface area (Å²) in [4.78, 5) is 37.7. The number of imide groups is 1. The second kappa shape index (κ2) is 15.6. The molecule has 0 radical (unpaired) electrons. The van der Waals surface area contributed by atoms with Crippen LogP contribution in [-0.4, -0.2) is 103 Å². The molecule has 3 aliphatic heterocycles. The first-order chi connectivity index (χ1) is 27.2. The molecule has 286 valence electrons. The highest BCUT2D eigenvalue weighted by Crippen LogP contribution is 2.38. The molecule has 0 bridgehead atoms. The predicted octanol–water partition coefficient (Wildman–Crippen LogP) is 4.13. The van der Waals surface area contributed by atoms with Crippen LogP contribution in [0.1, 0.15) is 68.9 Å². The Bertz CT molecular complexity index is 2270. The third-order valence-corrected chi connectivity index (χ3v) is 11.6. The number of hydrogen-bond donors (Lipinski definition) is 3. The summed E-state index contributed by atoms with van der Waals surface area (Å²) in [7, 11) is 0. The topological polar surface area (TPSA) is 204 Å². The van der Waals surface area contributed by atoms with Crippen LogP contribution in [0.3, 0.4) is 0 Å². The van der Waals surface area contributed by atoms with Crippen LogP contribution in [0.5, 0.6) is 0 Å². The van der Waals surface area contributed by atoms with Gasteiger partial charge in [-0.1, -0.05) is 16.8 Å². The van der Waals surface area contributed by atoms with Crippen molar-refractivity contribution in [1.29, 1.82) is 10.5 Å². The van der Waals surface area contributed by atoms with Crippen LogP contribution in [-0.2, 0) is 9.59 Å². The number of nitrogens with zero attached hydrogens (tertiary/aromatic N) is 11. The van der Waals surface area contributed by atoms with Crippen molar-refractivity contribution >= 4 is 46.1 Å². The van der Waals surface area contributed by atoms with E-state index in [9.17, 15) is 25.2 Å². The Morgan fingerprint density at radius 3 is 2.55 bits per heavy atom. The SMILES string of the molecule is C[C@H](C#N)Nc1cc(-n2ncc3cc(C#N)cnc32)ncc1[N+]1=C[C@@H](C2CCC(O)(CCN3CCN(c4ccc(C5CCC(=O)NC5=O)cc4)CC3)CC2)N=N1. The Labute approximate surface area is 324 Å². The average Bonchev–Trinajstić information content (AvgIpc) is 3.89. The lowest BCUT2D eigenvalue weighted by atomic mass is 9.75. The Morgan fingerprint density at radius 1 is 1.04 bits per heavy atom. The molecule has 1 aliphatic carbocycles. The summed E-state index contributed by atoms with van der Waals surface area (Å²) in [5, 5.41) is 50.4. The molecule has 1 saturated carbocycles. The van der Waals surface area contributed by atoms with Crippen molar-refractivity contribution in [2.24, 2.45) is 16.3 Å². The van der Waals surface area contributed by atoms with Gasteiger partial charge in [0.1, 0.15) is 23.5 Å². The fourth-order valence-corrected chi connectivity index (χ4v) is 8.22. The first-order valence-electron chi connectivity index (χ1n) is 19.3. The molecule has 3 aromatic heterocycles. The number of nitrogens with one attached hydrogen (secondary N) is 2. The largest absolute Gasteiger partial charge is 0.390 e. The van der Waals surface area contributed by atoms with Crippen molar-refractivity contribution in [2.45, 2.75) is 75.5 Å². The van der Waals surface area contributed by atoms with Crippen molar-refractivity contribution in [3.05, 3.63) is 66.1 Å². The summed E-state index contributed by atoms with van der Waals surface area (Å²) in [6.07, 6.45) is 11.6. The van der Waals surface area contributed by atoms with E-state index in [2.05, 4.69) is 70.1 Å². The summed E-state index contributed by atoms with van der Waals surface area (Å²) >= 11 is 0. The molecule has 8 rings (SSSR count). The number of amides is 2. The maximum Gasteiger partial charge on any atom is 0.234 e. The second-order valence-electron chi connectivity index (χ2n) is 15.3. The van der Waals surface area contributed by atoms with Gasteiger partial charge in [0.05, 0.1) is 41.2 Å². The lowest BCUT2D eigenvalue weighted by Gasteiger charge is -2.40. The third-order valence-electron chi connectivity index (χ3n) is 11.6. The number of carbonyl (C=O) groups excluding carboxylic acids is 2. The smallest absolute Gasteiger partial charge is 0.234 e. The number of benzene rings is 1. The Balaban J connectivity index is 0.844. The number of pyridine rings is 2. The number of piperidine rings is 1. The van der Waals surface area contributed by atoms with E-state index in [1.165, 1.54) is 6.20 Å². The van der Waals surface area contributed by atoms with Crippen LogP contribution in [0, 0.1) is 28.6 Å². The van der Waals surface area contributed by atoms with Crippen molar-refractivity contribution in [2.75, 3.05) is 42.9 Å². The minimum absolute atomic E-state index is 0.139. The monoisotopic (exact) mass is 754 g/mol. The molecule has 16 heteroatoms. The first-order valence-corrected chi connectivity index (χ1v) is 19.3. The van der Waals surface area contributed by atoms with Crippen molar-refractivity contribution in [3.8, 4) is 18.0 Å². The molecular formula is C40H44N13O3+. The fraction of sp³-hybridized carbons (Fsp3) is 0.450. The van der Waals surface area contributed by atoms with Gasteiger partial charge in [-0.2, -0.15) is 20.3 Å². The number of anilines is 2. The van der Waals surface area contributed by atoms with Crippen molar-refractivity contribution < 1.29 is 19.4 Å². The molecule has 3 N–H and O–H groups in total. The molecule has 1 aromatic carbocycles. The van der Waals surface area contributed by atoms with Crippen LogP contribution in [0.2, 0.25) is 0 Å². The standard InChI is InChI=1S/C40H43N13O3/c1-26(20-41)46-33-19-36(53-38-30(23-45-53)18-27(21-42)22-44-38)43-24-35(33)52-25-34(48-49-52)29-8-10-40(56,11-9-29)12-13-50-14-16-51(17-15-50)31-4-2-28(3-5-31)32-6-7-37(54)47-39(32)55/h2-5,18-19,22-26,29,32,34,56H,6-17H2,1H3,(H-,43,46,47,54,55)/p+1/t26-,29?,32?,34+,40?/m1/s1. The van der Waals surface area contributed by atoms with Gasteiger partial charge in [-0.05, 0) is 69.2 Å². The van der Waals surface area contributed by atoms with Gasteiger partial charge in [0.15, 0.2) is 17.2 Å². The highest BCUT2D eigenvalue weighted by atomic mass is 16.3. The van der Waals surface area contributed by atoms with Gasteiger partial charge >= 0.3 is 0 Å². The van der Waals surface area contributed by atoms with Gasteiger partial charge in [0.2, 0.25) is 17.9 Å². The lowest BCUT2D eigenvalue weighted by molar-refractivity contribution is -0.443. The number of hydrogen-bond acceptors (Lipinski definition) is 13. The predicted molar refractivity (Wildman–Crippen MR) is 206 cm³/mol. The van der Waals surface area contributed by atoms with E-state index in [-0.39, 0.29) is 29.7 Å². The van der Waals surface area contributed by atoms with E-state index in [1.54, 1.807) is 40.8 Å². The van der Waals surface area contributed by atoms with Gasteiger partial charge in [0, 0.05) is 73.5 Å². The third kappa shape index (κ3) is 7.71. The zero-order valence-electron chi connectivity index (χ0n) is 31.3. The molecule has 56 heavy (non-hydrogen) atoms. The minimum Gasteiger partial charge on any atom is -0.390 e. The van der Waals surface area contributed by atoms with Crippen LogP contribution in [0.4, 0.5) is 17.1 Å². The molecule has 3 fully saturated rings. The fourth-order valence-electron chi connectivity index (χ4n) is 8.22. The summed E-state index contributed by atoms with van der Waals surface area (Å²) in [6, 6.07) is 15.4. The molecule has 3 atom stereocenters. The quantitative estimate of drug-likeness (QED) is 0.155. The van der Waals surface area contributed by atoms with Gasteiger partial charge < -0.3 is 15.3 Å². The normalized spacial score (nSPS) is 24.7. The molecular weight excluding hydrogens is 711 g/mol. The number of nitriles is 2. The lowest BCUT2D eigenvalue weighted by Crippen LogP contribution is -2.48. The van der Waals surface area contributed by atoms with Gasteiger partial charge in [-0.25, -0.2) is 9.97 Å². The van der Waals surface area contributed by atoms with Gasteiger partial charge in [-0.3, -0.25) is 19.8 Å². The minimum atomic E-state index is -0.707. The zero-order valence-corrected chi connectivity index (χ0v) is 31.3. The molecule has 2 amide bonds. The van der Waals surface area contributed by atoms with Crippen molar-refractivity contribution in [1.82, 2.24) is 30.0 Å². The second-order valence-corrected chi connectivity index (χ2v) is 15.3. The number of piperazine rings is 1. The van der Waals surface area contributed by atoms with Gasteiger partial charge in [0.25, 0.3) is 0 Å². The summed E-state index contributed by atoms with van der Waals surface area (Å²) < 4.78 is 3.30. The summed E-state index contributed by atoms with van der Waals surface area (Å²) in [5.41, 5.74) is 3.66. The highest BCUT2D eigenvalue weighted by Gasteiger charge is 2.40. The van der Waals surface area contributed by atoms with E-state index in [1.807, 2.05) is 18.3 Å². The van der Waals surface area contributed by atoms with Crippen LogP contribution < -0.4 is 15.5 Å². The van der Waals surface area contributed by atoms with E-state index in [0.717, 1.165) is 63.2 Å². The Hall–Kier alpha value is -6.10. The molecule has 1 unspecified atom stereocenters. The van der Waals surface area contributed by atoms with E-state index < -0.39 is 11.6 Å². The van der Waals surface area contributed by atoms with Crippen LogP contribution in [0.15, 0.2) is 65.3 Å². The Kier molecular flexibility index (Phi) is 10.2. The van der Waals surface area contributed by atoms with Gasteiger partial charge in [-0.15, -0.1) is 0 Å². The first kappa shape index (κ1) is 36.9. The van der Waals surface area contributed by atoms with E-state index in [4.69, 9.17) is 0 Å². The molecule has 4 aliphatic rings. The molecule has 4 aromatic rings. The summed E-state index contributed by atoms with van der Waals surface area (Å²) in [5.74, 6) is 0.0528. The van der Waals surface area contributed by atoms with Crippen LogP contribution in [0.25, 0.3) is 16.9 Å². The maximum atomic E-state index is 12.3. The molecule has 2 saturated heterocycles. The highest BCUT2D eigenvalue weighted by molar-refractivity contribution is 6.01. The Morgan fingerprint density at radius 2 is 1.82 bits per heavy atom. The maximum absolute atomic E-state index is 12.3. The number of fused-ring (bicyclic) bond motifs is 1.